The van der Waals surface area contributed by atoms with Gasteiger partial charge in [-0.1, -0.05) is 6.42 Å². The summed E-state index contributed by atoms with van der Waals surface area (Å²) in [5, 5.41) is 0. The molecule has 2 aliphatic carbocycles. The van der Waals surface area contributed by atoms with Crippen LogP contribution in [0.15, 0.2) is 0 Å². The molecule has 23 heavy (non-hydrogen) atoms. The summed E-state index contributed by atoms with van der Waals surface area (Å²) in [5.41, 5.74) is 0. The molecule has 0 saturated heterocycles. The molecule has 2 rings (SSSR count). The van der Waals surface area contributed by atoms with Crippen LogP contribution >= 0.6 is 0 Å². The molecular formula is C13H14F8O2. The Hall–Kier alpha value is -1.09. The van der Waals surface area contributed by atoms with E-state index >= 15 is 0 Å². The van der Waals surface area contributed by atoms with Gasteiger partial charge in [0.05, 0.1) is 5.92 Å². The first-order valence-corrected chi connectivity index (χ1v) is 6.98. The van der Waals surface area contributed by atoms with Crippen molar-refractivity contribution in [3.63, 3.8) is 0 Å². The number of alkyl halides is 8. The first-order chi connectivity index (χ1) is 10.4. The standard InChI is InChI=1S/C13H14F8O2/c14-10(15)12(18,19)13(20,21)11(16,17)5-23-9(22)8-4-6-1-2-7(8)3-6/h6-8,10H,1-5H2. The van der Waals surface area contributed by atoms with Crippen LogP contribution in [0.5, 0.6) is 0 Å². The number of rotatable bonds is 6. The van der Waals surface area contributed by atoms with Gasteiger partial charge in [0.15, 0.2) is 6.61 Å². The number of fused-ring (bicyclic) bond motifs is 2. The third kappa shape index (κ3) is 3.00. The molecule has 0 radical (unpaired) electrons. The van der Waals surface area contributed by atoms with Crippen molar-refractivity contribution >= 4 is 5.97 Å². The Balaban J connectivity index is 1.99. The molecule has 134 valence electrons. The summed E-state index contributed by atoms with van der Waals surface area (Å²) in [4.78, 5) is 11.7. The monoisotopic (exact) mass is 354 g/mol. The minimum Gasteiger partial charge on any atom is -0.459 e. The Morgan fingerprint density at radius 3 is 2.09 bits per heavy atom. The van der Waals surface area contributed by atoms with Gasteiger partial charge in [0.2, 0.25) is 0 Å². The average Bonchev–Trinajstić information content (AvgIpc) is 3.06. The van der Waals surface area contributed by atoms with Gasteiger partial charge in [-0.3, -0.25) is 4.79 Å². The van der Waals surface area contributed by atoms with Gasteiger partial charge in [0, 0.05) is 0 Å². The van der Waals surface area contributed by atoms with Crippen molar-refractivity contribution in [3.05, 3.63) is 0 Å². The van der Waals surface area contributed by atoms with Crippen molar-refractivity contribution < 1.29 is 44.7 Å². The lowest BCUT2D eigenvalue weighted by molar-refractivity contribution is -0.344. The molecule has 2 nitrogen and oxygen atoms in total. The molecule has 0 aromatic carbocycles. The van der Waals surface area contributed by atoms with E-state index in [-0.39, 0.29) is 11.8 Å². The maximum Gasteiger partial charge on any atom is 0.381 e. The number of carbonyl (C=O) groups excluding carboxylic acids is 1. The molecule has 0 heterocycles. The molecule has 2 aliphatic rings. The highest BCUT2D eigenvalue weighted by molar-refractivity contribution is 5.73. The highest BCUT2D eigenvalue weighted by atomic mass is 19.4. The normalized spacial score (nSPS) is 28.5. The molecule has 0 N–H and O–H groups in total. The molecule has 2 bridgehead atoms. The van der Waals surface area contributed by atoms with Crippen molar-refractivity contribution in [2.24, 2.45) is 17.8 Å². The van der Waals surface area contributed by atoms with E-state index in [1.54, 1.807) is 0 Å². The molecule has 0 amide bonds. The van der Waals surface area contributed by atoms with E-state index < -0.39 is 42.7 Å². The zero-order valence-electron chi connectivity index (χ0n) is 11.7. The van der Waals surface area contributed by atoms with Crippen molar-refractivity contribution in [1.82, 2.24) is 0 Å². The minimum atomic E-state index is -6.34. The first-order valence-electron chi connectivity index (χ1n) is 6.98. The second kappa shape index (κ2) is 5.77. The van der Waals surface area contributed by atoms with Crippen LogP contribution in [0.25, 0.3) is 0 Å². The van der Waals surface area contributed by atoms with Crippen LogP contribution in [-0.2, 0) is 9.53 Å². The number of halogens is 8. The van der Waals surface area contributed by atoms with Crippen LogP contribution in [0.3, 0.4) is 0 Å². The second-order valence-electron chi connectivity index (χ2n) is 6.09. The van der Waals surface area contributed by atoms with Gasteiger partial charge in [0.25, 0.3) is 0 Å². The summed E-state index contributed by atoms with van der Waals surface area (Å²) in [6.07, 6.45) is -2.34. The number of ether oxygens (including phenoxy) is 1. The largest absolute Gasteiger partial charge is 0.459 e. The molecule has 0 aliphatic heterocycles. The van der Waals surface area contributed by atoms with Gasteiger partial charge in [-0.2, -0.15) is 26.3 Å². The fourth-order valence-electron chi connectivity index (χ4n) is 3.27. The highest BCUT2D eigenvalue weighted by Crippen LogP contribution is 2.50. The Bertz CT molecular complexity index is 465. The van der Waals surface area contributed by atoms with Crippen molar-refractivity contribution in [1.29, 1.82) is 0 Å². The maximum atomic E-state index is 13.3. The average molecular weight is 354 g/mol. The zero-order valence-corrected chi connectivity index (χ0v) is 11.7. The number of carbonyl (C=O) groups is 1. The van der Waals surface area contributed by atoms with Gasteiger partial charge in [0.1, 0.15) is 0 Å². The van der Waals surface area contributed by atoms with Crippen molar-refractivity contribution in [2.75, 3.05) is 6.61 Å². The fourth-order valence-corrected chi connectivity index (χ4v) is 3.27. The molecule has 3 atom stereocenters. The summed E-state index contributed by atoms with van der Waals surface area (Å²) in [6.45, 7) is -2.37. The summed E-state index contributed by atoms with van der Waals surface area (Å²) < 4.78 is 106. The predicted molar refractivity (Wildman–Crippen MR) is 60.7 cm³/mol. The summed E-state index contributed by atoms with van der Waals surface area (Å²) in [6, 6.07) is 0. The van der Waals surface area contributed by atoms with E-state index in [0.717, 1.165) is 6.42 Å². The van der Waals surface area contributed by atoms with E-state index in [4.69, 9.17) is 0 Å². The van der Waals surface area contributed by atoms with Crippen molar-refractivity contribution in [2.45, 2.75) is 49.9 Å². The van der Waals surface area contributed by atoms with Gasteiger partial charge in [-0.25, -0.2) is 8.78 Å². The van der Waals surface area contributed by atoms with Crippen LogP contribution < -0.4 is 0 Å². The Morgan fingerprint density at radius 2 is 1.65 bits per heavy atom. The van der Waals surface area contributed by atoms with Gasteiger partial charge in [-0.15, -0.1) is 0 Å². The number of esters is 1. The number of hydrogen-bond donors (Lipinski definition) is 0. The van der Waals surface area contributed by atoms with Crippen LogP contribution in [0, 0.1) is 17.8 Å². The molecule has 2 saturated carbocycles. The molecule has 0 spiro atoms. The van der Waals surface area contributed by atoms with E-state index in [0.29, 0.717) is 19.3 Å². The Labute approximate surface area is 126 Å². The molecule has 3 unspecified atom stereocenters. The molecule has 0 aromatic heterocycles. The van der Waals surface area contributed by atoms with Crippen LogP contribution in [0.2, 0.25) is 0 Å². The molecule has 0 aromatic rings. The van der Waals surface area contributed by atoms with Crippen LogP contribution in [0.1, 0.15) is 25.7 Å². The summed E-state index contributed by atoms with van der Waals surface area (Å²) >= 11 is 0. The van der Waals surface area contributed by atoms with Crippen LogP contribution in [0.4, 0.5) is 35.1 Å². The molecular weight excluding hydrogens is 340 g/mol. The van der Waals surface area contributed by atoms with E-state index in [1.165, 1.54) is 0 Å². The van der Waals surface area contributed by atoms with Gasteiger partial charge < -0.3 is 4.74 Å². The van der Waals surface area contributed by atoms with E-state index in [9.17, 15) is 39.9 Å². The smallest absolute Gasteiger partial charge is 0.381 e. The second-order valence-corrected chi connectivity index (χ2v) is 6.09. The Kier molecular flexibility index (Phi) is 4.58. The lowest BCUT2D eigenvalue weighted by atomic mass is 9.89. The van der Waals surface area contributed by atoms with Crippen LogP contribution in [-0.4, -0.2) is 36.8 Å². The third-order valence-corrected chi connectivity index (χ3v) is 4.59. The lowest BCUT2D eigenvalue weighted by Crippen LogP contribution is -2.59. The van der Waals surface area contributed by atoms with Gasteiger partial charge >= 0.3 is 30.2 Å². The first kappa shape index (κ1) is 18.3. The zero-order chi connectivity index (χ0) is 17.6. The summed E-state index contributed by atoms with van der Waals surface area (Å²) in [7, 11) is 0. The summed E-state index contributed by atoms with van der Waals surface area (Å²) in [5.74, 6) is -20.0. The maximum absolute atomic E-state index is 13.3. The Morgan fingerprint density at radius 1 is 1.04 bits per heavy atom. The van der Waals surface area contributed by atoms with Gasteiger partial charge in [-0.05, 0) is 31.1 Å². The van der Waals surface area contributed by atoms with E-state index in [1.807, 2.05) is 0 Å². The fraction of sp³-hybridized carbons (Fsp3) is 0.923. The molecule has 10 heteroatoms. The molecule has 2 fully saturated rings. The number of hydrogen-bond acceptors (Lipinski definition) is 2. The topological polar surface area (TPSA) is 26.3 Å². The minimum absolute atomic E-state index is 0.0934. The predicted octanol–water partition coefficient (Wildman–Crippen LogP) is 4.14. The van der Waals surface area contributed by atoms with Crippen molar-refractivity contribution in [3.8, 4) is 0 Å². The lowest BCUT2D eigenvalue weighted by Gasteiger charge is -2.32. The SMILES string of the molecule is O=C(OCC(F)(F)C(F)(F)C(F)(F)C(F)F)C1CC2CCC1C2. The highest BCUT2D eigenvalue weighted by Gasteiger charge is 2.75. The van der Waals surface area contributed by atoms with E-state index in [2.05, 4.69) is 4.74 Å². The third-order valence-electron chi connectivity index (χ3n) is 4.59. The quantitative estimate of drug-likeness (QED) is 0.529.